The highest BCUT2D eigenvalue weighted by atomic mass is 32.2. The van der Waals surface area contributed by atoms with Crippen LogP contribution in [0.1, 0.15) is 25.0 Å². The van der Waals surface area contributed by atoms with E-state index in [2.05, 4.69) is 0 Å². The monoisotopic (exact) mass is 313 g/mol. The van der Waals surface area contributed by atoms with Crippen LogP contribution in [0, 0.1) is 6.92 Å². The van der Waals surface area contributed by atoms with Crippen molar-refractivity contribution in [3.8, 4) is 0 Å². The quantitative estimate of drug-likeness (QED) is 0.860. The van der Waals surface area contributed by atoms with Crippen molar-refractivity contribution in [3.05, 3.63) is 29.3 Å². The zero-order valence-electron chi connectivity index (χ0n) is 12.2. The third-order valence-corrected chi connectivity index (χ3v) is 4.42. The molecule has 1 aliphatic heterocycles. The van der Waals surface area contributed by atoms with E-state index in [1.165, 1.54) is 6.07 Å². The SMILES string of the molecule is Cc1ccc(S(=O)(=O)O)c(CC2CN(C(C)C)C(=O)O2)c1. The Morgan fingerprint density at radius 3 is 2.62 bits per heavy atom. The third kappa shape index (κ3) is 3.54. The van der Waals surface area contributed by atoms with E-state index in [-0.39, 0.29) is 17.4 Å². The molecule has 1 amide bonds. The standard InChI is InChI=1S/C14H19NO5S/c1-9(2)15-8-12(20-14(15)16)7-11-6-10(3)4-5-13(11)21(17,18)19/h4-6,9,12H,7-8H2,1-3H3,(H,17,18,19). The summed E-state index contributed by atoms with van der Waals surface area (Å²) in [5.74, 6) is 0. The minimum atomic E-state index is -4.29. The Labute approximate surface area is 124 Å². The van der Waals surface area contributed by atoms with E-state index in [9.17, 15) is 17.8 Å². The van der Waals surface area contributed by atoms with E-state index in [0.29, 0.717) is 12.1 Å². The molecule has 1 saturated heterocycles. The fourth-order valence-corrected chi connectivity index (χ4v) is 3.15. The molecule has 0 bridgehead atoms. The Bertz CT molecular complexity index is 653. The van der Waals surface area contributed by atoms with Crippen LogP contribution in [0.3, 0.4) is 0 Å². The summed E-state index contributed by atoms with van der Waals surface area (Å²) in [6, 6.07) is 4.71. The molecule has 0 saturated carbocycles. The van der Waals surface area contributed by atoms with Crippen LogP contribution >= 0.6 is 0 Å². The molecule has 1 unspecified atom stereocenters. The number of hydrogen-bond donors (Lipinski definition) is 1. The van der Waals surface area contributed by atoms with E-state index in [4.69, 9.17) is 4.74 Å². The molecule has 1 fully saturated rings. The van der Waals surface area contributed by atoms with Crippen LogP contribution in [0.2, 0.25) is 0 Å². The van der Waals surface area contributed by atoms with Crippen molar-refractivity contribution in [1.29, 1.82) is 0 Å². The van der Waals surface area contributed by atoms with E-state index < -0.39 is 22.3 Å². The Morgan fingerprint density at radius 1 is 1.43 bits per heavy atom. The summed E-state index contributed by atoms with van der Waals surface area (Å²) in [5.41, 5.74) is 1.34. The van der Waals surface area contributed by atoms with E-state index in [1.54, 1.807) is 17.0 Å². The van der Waals surface area contributed by atoms with Crippen LogP contribution in [-0.4, -0.2) is 42.7 Å². The molecule has 1 aliphatic rings. The number of ether oxygens (including phenoxy) is 1. The molecule has 21 heavy (non-hydrogen) atoms. The normalized spacial score (nSPS) is 19.2. The second kappa shape index (κ2) is 5.65. The van der Waals surface area contributed by atoms with Crippen molar-refractivity contribution in [3.63, 3.8) is 0 Å². The van der Waals surface area contributed by atoms with Gasteiger partial charge < -0.3 is 9.64 Å². The van der Waals surface area contributed by atoms with Gasteiger partial charge in [-0.15, -0.1) is 0 Å². The lowest BCUT2D eigenvalue weighted by molar-refractivity contribution is 0.129. The van der Waals surface area contributed by atoms with Gasteiger partial charge in [0.1, 0.15) is 6.10 Å². The number of benzene rings is 1. The summed E-state index contributed by atoms with van der Waals surface area (Å²) >= 11 is 0. The number of nitrogens with zero attached hydrogens (tertiary/aromatic N) is 1. The zero-order valence-corrected chi connectivity index (χ0v) is 13.1. The van der Waals surface area contributed by atoms with Crippen molar-refractivity contribution in [2.45, 2.75) is 44.2 Å². The van der Waals surface area contributed by atoms with Gasteiger partial charge in [0.25, 0.3) is 10.1 Å². The first-order valence-corrected chi connectivity index (χ1v) is 8.16. The summed E-state index contributed by atoms with van der Waals surface area (Å²) in [6.07, 6.45) is -0.551. The summed E-state index contributed by atoms with van der Waals surface area (Å²) in [7, 11) is -4.29. The smallest absolute Gasteiger partial charge is 0.410 e. The minimum absolute atomic E-state index is 0.0288. The number of rotatable bonds is 4. The first kappa shape index (κ1) is 15.8. The van der Waals surface area contributed by atoms with Gasteiger partial charge in [-0.1, -0.05) is 17.7 Å². The Morgan fingerprint density at radius 2 is 2.10 bits per heavy atom. The second-order valence-electron chi connectivity index (χ2n) is 5.54. The fourth-order valence-electron chi connectivity index (χ4n) is 2.43. The molecule has 2 rings (SSSR count). The van der Waals surface area contributed by atoms with Crippen molar-refractivity contribution >= 4 is 16.2 Å². The number of hydrogen-bond acceptors (Lipinski definition) is 4. The molecule has 1 N–H and O–H groups in total. The van der Waals surface area contributed by atoms with Gasteiger partial charge in [-0.25, -0.2) is 4.79 Å². The van der Waals surface area contributed by atoms with Crippen LogP contribution in [0.25, 0.3) is 0 Å². The maximum Gasteiger partial charge on any atom is 0.410 e. The average molecular weight is 313 g/mol. The maximum atomic E-state index is 11.7. The van der Waals surface area contributed by atoms with Gasteiger partial charge in [-0.05, 0) is 32.4 Å². The summed E-state index contributed by atoms with van der Waals surface area (Å²) in [5, 5.41) is 0. The highest BCUT2D eigenvalue weighted by Gasteiger charge is 2.33. The van der Waals surface area contributed by atoms with Crippen LogP contribution in [0.4, 0.5) is 4.79 Å². The second-order valence-corrected chi connectivity index (χ2v) is 6.93. The summed E-state index contributed by atoms with van der Waals surface area (Å²) in [4.78, 5) is 13.2. The van der Waals surface area contributed by atoms with Gasteiger partial charge in [0.15, 0.2) is 0 Å². The van der Waals surface area contributed by atoms with Crippen molar-refractivity contribution in [2.75, 3.05) is 6.54 Å². The Balaban J connectivity index is 2.25. The molecule has 6 nitrogen and oxygen atoms in total. The van der Waals surface area contributed by atoms with Crippen LogP contribution in [0.15, 0.2) is 23.1 Å². The predicted octanol–water partition coefficient (Wildman–Crippen LogP) is 2.01. The molecule has 0 aliphatic carbocycles. The molecule has 1 atom stereocenters. The minimum Gasteiger partial charge on any atom is -0.444 e. The third-order valence-electron chi connectivity index (χ3n) is 3.47. The molecule has 1 aromatic carbocycles. The maximum absolute atomic E-state index is 11.7. The van der Waals surface area contributed by atoms with Crippen LogP contribution in [0.5, 0.6) is 0 Å². The lowest BCUT2D eigenvalue weighted by Gasteiger charge is -2.17. The topological polar surface area (TPSA) is 83.9 Å². The van der Waals surface area contributed by atoms with Gasteiger partial charge in [-0.2, -0.15) is 8.42 Å². The highest BCUT2D eigenvalue weighted by Crippen LogP contribution is 2.23. The Kier molecular flexibility index (Phi) is 4.25. The molecule has 0 aromatic heterocycles. The molecule has 1 aromatic rings. The molecular formula is C14H19NO5S. The molecule has 0 spiro atoms. The molecule has 0 radical (unpaired) electrons. The van der Waals surface area contributed by atoms with Crippen LogP contribution in [-0.2, 0) is 21.3 Å². The van der Waals surface area contributed by atoms with Crippen molar-refractivity contribution in [1.82, 2.24) is 4.90 Å². The van der Waals surface area contributed by atoms with Gasteiger partial charge in [0, 0.05) is 12.5 Å². The van der Waals surface area contributed by atoms with Crippen molar-refractivity contribution < 1.29 is 22.5 Å². The van der Waals surface area contributed by atoms with Gasteiger partial charge >= 0.3 is 6.09 Å². The number of aryl methyl sites for hydroxylation is 1. The average Bonchev–Trinajstić information content (AvgIpc) is 2.68. The zero-order chi connectivity index (χ0) is 15.8. The van der Waals surface area contributed by atoms with Crippen molar-refractivity contribution in [2.24, 2.45) is 0 Å². The van der Waals surface area contributed by atoms with Crippen LogP contribution < -0.4 is 0 Å². The molecular weight excluding hydrogens is 294 g/mol. The fraction of sp³-hybridized carbons (Fsp3) is 0.500. The number of carbonyl (C=O) groups is 1. The van der Waals surface area contributed by atoms with Gasteiger partial charge in [0.05, 0.1) is 11.4 Å². The number of cyclic esters (lactones) is 1. The van der Waals surface area contributed by atoms with Gasteiger partial charge in [-0.3, -0.25) is 4.55 Å². The number of amides is 1. The number of carbonyl (C=O) groups excluding carboxylic acids is 1. The first-order valence-electron chi connectivity index (χ1n) is 6.72. The van der Waals surface area contributed by atoms with E-state index in [0.717, 1.165) is 5.56 Å². The van der Waals surface area contributed by atoms with Gasteiger partial charge in [0.2, 0.25) is 0 Å². The molecule has 1 heterocycles. The first-order chi connectivity index (χ1) is 9.68. The van der Waals surface area contributed by atoms with E-state index >= 15 is 0 Å². The predicted molar refractivity (Wildman–Crippen MR) is 76.8 cm³/mol. The molecule has 7 heteroatoms. The summed E-state index contributed by atoms with van der Waals surface area (Å²) < 4.78 is 37.4. The summed E-state index contributed by atoms with van der Waals surface area (Å²) in [6.45, 7) is 6.02. The highest BCUT2D eigenvalue weighted by molar-refractivity contribution is 7.85. The van der Waals surface area contributed by atoms with E-state index in [1.807, 2.05) is 20.8 Å². The lowest BCUT2D eigenvalue weighted by atomic mass is 10.1. The lowest BCUT2D eigenvalue weighted by Crippen LogP contribution is -2.32. The Hall–Kier alpha value is -1.60. The molecule has 116 valence electrons. The largest absolute Gasteiger partial charge is 0.444 e.